The molecular weight excluding hydrogens is 368 g/mol. The highest BCUT2D eigenvalue weighted by Gasteiger charge is 2.22. The third kappa shape index (κ3) is 3.65. The Hall–Kier alpha value is -2.71. The maximum Gasteiger partial charge on any atom is 0.332 e. The van der Waals surface area contributed by atoms with Crippen molar-refractivity contribution in [2.75, 3.05) is 26.2 Å². The molecule has 1 aromatic carbocycles. The summed E-state index contributed by atoms with van der Waals surface area (Å²) < 4.78 is 4.57. The SMILES string of the molecule is CCn1c(CN2CCN(Cc3ccccc3)CC2)nc2c1c(=O)n(C)c(=O)n2C. The van der Waals surface area contributed by atoms with E-state index in [1.54, 1.807) is 7.05 Å². The van der Waals surface area contributed by atoms with E-state index in [9.17, 15) is 9.59 Å². The van der Waals surface area contributed by atoms with E-state index in [4.69, 9.17) is 0 Å². The molecule has 4 rings (SSSR count). The van der Waals surface area contributed by atoms with Gasteiger partial charge in [-0.1, -0.05) is 30.3 Å². The topological polar surface area (TPSA) is 68.3 Å². The van der Waals surface area contributed by atoms with Crippen molar-refractivity contribution in [3.8, 4) is 0 Å². The first-order chi connectivity index (χ1) is 14.0. The summed E-state index contributed by atoms with van der Waals surface area (Å²) in [5, 5.41) is 0. The molecule has 1 fully saturated rings. The maximum atomic E-state index is 12.7. The van der Waals surface area contributed by atoms with Gasteiger partial charge in [-0.3, -0.25) is 23.7 Å². The third-order valence-corrected chi connectivity index (χ3v) is 5.82. The van der Waals surface area contributed by atoms with Crippen molar-refractivity contribution in [1.29, 1.82) is 0 Å². The Morgan fingerprint density at radius 2 is 1.52 bits per heavy atom. The number of imidazole rings is 1. The Balaban J connectivity index is 1.52. The zero-order valence-corrected chi connectivity index (χ0v) is 17.3. The molecule has 8 nitrogen and oxygen atoms in total. The zero-order chi connectivity index (χ0) is 20.5. The summed E-state index contributed by atoms with van der Waals surface area (Å²) in [5.41, 5.74) is 1.69. The number of piperazine rings is 1. The Bertz CT molecular complexity index is 1120. The number of aromatic nitrogens is 4. The van der Waals surface area contributed by atoms with Gasteiger partial charge in [0, 0.05) is 53.4 Å². The van der Waals surface area contributed by atoms with E-state index in [0.717, 1.165) is 43.1 Å². The fourth-order valence-corrected chi connectivity index (χ4v) is 4.10. The highest BCUT2D eigenvalue weighted by Crippen LogP contribution is 2.15. The van der Waals surface area contributed by atoms with Crippen LogP contribution in [0, 0.1) is 0 Å². The molecule has 0 amide bonds. The molecule has 2 aromatic heterocycles. The standard InChI is InChI=1S/C21H28N6O2/c1-4-27-17(22-19-18(27)20(28)24(3)21(29)23(19)2)15-26-12-10-25(11-13-26)14-16-8-6-5-7-9-16/h5-9H,4,10-15H2,1-3H3. The normalized spacial score (nSPS) is 16.0. The summed E-state index contributed by atoms with van der Waals surface area (Å²) in [6.07, 6.45) is 0. The van der Waals surface area contributed by atoms with Gasteiger partial charge in [-0.05, 0) is 12.5 Å². The van der Waals surface area contributed by atoms with Crippen molar-refractivity contribution in [1.82, 2.24) is 28.5 Å². The lowest BCUT2D eigenvalue weighted by Gasteiger charge is -2.34. The maximum absolute atomic E-state index is 12.7. The number of benzene rings is 1. The van der Waals surface area contributed by atoms with Gasteiger partial charge in [0.2, 0.25) is 0 Å². The van der Waals surface area contributed by atoms with E-state index in [1.807, 2.05) is 17.6 Å². The van der Waals surface area contributed by atoms with Gasteiger partial charge in [-0.25, -0.2) is 9.78 Å². The van der Waals surface area contributed by atoms with Gasteiger partial charge < -0.3 is 4.57 Å². The molecule has 0 saturated carbocycles. The Morgan fingerprint density at radius 1 is 0.897 bits per heavy atom. The predicted octanol–water partition coefficient (Wildman–Crippen LogP) is 0.771. The number of rotatable bonds is 5. The summed E-state index contributed by atoms with van der Waals surface area (Å²) in [5.74, 6) is 0.845. The molecule has 0 aliphatic carbocycles. The van der Waals surface area contributed by atoms with Crippen molar-refractivity contribution in [2.45, 2.75) is 26.6 Å². The average Bonchev–Trinajstić information content (AvgIpc) is 3.11. The van der Waals surface area contributed by atoms with Crippen LogP contribution in [0.2, 0.25) is 0 Å². The Labute approximate surface area is 169 Å². The van der Waals surface area contributed by atoms with Crippen molar-refractivity contribution < 1.29 is 0 Å². The molecule has 1 aliphatic rings. The van der Waals surface area contributed by atoms with Crippen LogP contribution in [0.25, 0.3) is 11.2 Å². The molecule has 1 saturated heterocycles. The fourth-order valence-electron chi connectivity index (χ4n) is 4.10. The molecule has 29 heavy (non-hydrogen) atoms. The highest BCUT2D eigenvalue weighted by atomic mass is 16.2. The van der Waals surface area contributed by atoms with Crippen LogP contribution in [-0.4, -0.2) is 54.7 Å². The molecule has 0 N–H and O–H groups in total. The summed E-state index contributed by atoms with van der Waals surface area (Å²) in [6, 6.07) is 10.5. The van der Waals surface area contributed by atoms with Crippen LogP contribution in [0.3, 0.4) is 0 Å². The van der Waals surface area contributed by atoms with Crippen LogP contribution in [0.1, 0.15) is 18.3 Å². The zero-order valence-electron chi connectivity index (χ0n) is 17.3. The minimum Gasteiger partial charge on any atom is -0.321 e. The first-order valence-corrected chi connectivity index (χ1v) is 10.1. The van der Waals surface area contributed by atoms with E-state index in [2.05, 4.69) is 39.0 Å². The number of nitrogens with zero attached hydrogens (tertiary/aromatic N) is 6. The van der Waals surface area contributed by atoms with Gasteiger partial charge in [0.05, 0.1) is 6.54 Å². The van der Waals surface area contributed by atoms with Crippen LogP contribution >= 0.6 is 0 Å². The number of aryl methyl sites for hydroxylation is 2. The van der Waals surface area contributed by atoms with Crippen LogP contribution in [-0.2, 0) is 33.7 Å². The number of fused-ring (bicyclic) bond motifs is 1. The molecule has 0 bridgehead atoms. The lowest BCUT2D eigenvalue weighted by molar-refractivity contribution is 0.119. The molecule has 154 valence electrons. The molecule has 3 heterocycles. The molecule has 0 unspecified atom stereocenters. The smallest absolute Gasteiger partial charge is 0.321 e. The van der Waals surface area contributed by atoms with E-state index in [0.29, 0.717) is 24.3 Å². The van der Waals surface area contributed by atoms with Crippen LogP contribution < -0.4 is 11.2 Å². The van der Waals surface area contributed by atoms with Gasteiger partial charge in [-0.2, -0.15) is 0 Å². The molecule has 8 heteroatoms. The van der Waals surface area contributed by atoms with Gasteiger partial charge >= 0.3 is 5.69 Å². The quantitative estimate of drug-likeness (QED) is 0.637. The van der Waals surface area contributed by atoms with Gasteiger partial charge in [0.15, 0.2) is 11.2 Å². The monoisotopic (exact) mass is 396 g/mol. The second-order valence-electron chi connectivity index (χ2n) is 7.69. The summed E-state index contributed by atoms with van der Waals surface area (Å²) >= 11 is 0. The highest BCUT2D eigenvalue weighted by molar-refractivity contribution is 5.71. The minimum atomic E-state index is -0.343. The summed E-state index contributed by atoms with van der Waals surface area (Å²) in [6.45, 7) is 8.22. The summed E-state index contributed by atoms with van der Waals surface area (Å²) in [4.78, 5) is 34.4. The Kier molecular flexibility index (Phi) is 5.38. The van der Waals surface area contributed by atoms with Crippen molar-refractivity contribution in [3.63, 3.8) is 0 Å². The first-order valence-electron chi connectivity index (χ1n) is 10.1. The lowest BCUT2D eigenvalue weighted by atomic mass is 10.2. The predicted molar refractivity (Wildman–Crippen MR) is 113 cm³/mol. The average molecular weight is 396 g/mol. The Morgan fingerprint density at radius 3 is 2.14 bits per heavy atom. The van der Waals surface area contributed by atoms with Crippen molar-refractivity contribution in [3.05, 3.63) is 62.6 Å². The largest absolute Gasteiger partial charge is 0.332 e. The molecular formula is C21H28N6O2. The van der Waals surface area contributed by atoms with E-state index in [1.165, 1.54) is 17.2 Å². The number of hydrogen-bond acceptors (Lipinski definition) is 5. The van der Waals surface area contributed by atoms with E-state index in [-0.39, 0.29) is 11.2 Å². The van der Waals surface area contributed by atoms with Crippen molar-refractivity contribution >= 4 is 11.2 Å². The second kappa shape index (κ2) is 7.96. The lowest BCUT2D eigenvalue weighted by Crippen LogP contribution is -2.45. The van der Waals surface area contributed by atoms with Gasteiger partial charge in [-0.15, -0.1) is 0 Å². The van der Waals surface area contributed by atoms with Crippen LogP contribution in [0.15, 0.2) is 39.9 Å². The second-order valence-corrected chi connectivity index (χ2v) is 7.69. The summed E-state index contributed by atoms with van der Waals surface area (Å²) in [7, 11) is 3.19. The van der Waals surface area contributed by atoms with Crippen molar-refractivity contribution in [2.24, 2.45) is 14.1 Å². The minimum absolute atomic E-state index is 0.281. The van der Waals surface area contributed by atoms with Gasteiger partial charge in [0.1, 0.15) is 5.82 Å². The molecule has 0 spiro atoms. The first kappa shape index (κ1) is 19.6. The molecule has 1 aliphatic heterocycles. The van der Waals surface area contributed by atoms with E-state index >= 15 is 0 Å². The number of hydrogen-bond donors (Lipinski definition) is 0. The molecule has 0 atom stereocenters. The fraction of sp³-hybridized carbons (Fsp3) is 0.476. The van der Waals surface area contributed by atoms with E-state index < -0.39 is 0 Å². The third-order valence-electron chi connectivity index (χ3n) is 5.82. The molecule has 0 radical (unpaired) electrons. The van der Waals surface area contributed by atoms with Crippen LogP contribution in [0.4, 0.5) is 0 Å². The molecule has 3 aromatic rings. The van der Waals surface area contributed by atoms with Gasteiger partial charge in [0.25, 0.3) is 5.56 Å². The van der Waals surface area contributed by atoms with Crippen LogP contribution in [0.5, 0.6) is 0 Å².